The van der Waals surface area contributed by atoms with Gasteiger partial charge in [0.15, 0.2) is 17.3 Å². The van der Waals surface area contributed by atoms with Crippen LogP contribution in [0.25, 0.3) is 16.6 Å². The van der Waals surface area contributed by atoms with E-state index >= 15 is 0 Å². The number of carbonyl (C=O) groups is 2. The van der Waals surface area contributed by atoms with Crippen LogP contribution in [-0.2, 0) is 17.8 Å². The number of fused-ring (bicyclic) bond motifs is 1. The summed E-state index contributed by atoms with van der Waals surface area (Å²) in [4.78, 5) is 27.2. The summed E-state index contributed by atoms with van der Waals surface area (Å²) in [6, 6.07) is 24.7. The Balaban J connectivity index is 0.00000520. The smallest absolute Gasteiger partial charge is 0.545 e. The molecule has 0 aliphatic carbocycles. The van der Waals surface area contributed by atoms with E-state index in [0.29, 0.717) is 46.2 Å². The fourth-order valence-electron chi connectivity index (χ4n) is 5.03. The fourth-order valence-corrected chi connectivity index (χ4v) is 5.55. The van der Waals surface area contributed by atoms with Gasteiger partial charge in [0.2, 0.25) is 5.75 Å². The van der Waals surface area contributed by atoms with Gasteiger partial charge >= 0.3 is 29.6 Å². The van der Waals surface area contributed by atoms with Crippen molar-refractivity contribution in [3.63, 3.8) is 0 Å². The van der Waals surface area contributed by atoms with Crippen molar-refractivity contribution in [3.8, 4) is 23.0 Å². The van der Waals surface area contributed by atoms with Gasteiger partial charge < -0.3 is 28.8 Å². The van der Waals surface area contributed by atoms with E-state index in [-0.39, 0.29) is 70.5 Å². The van der Waals surface area contributed by atoms with Crippen LogP contribution in [0.1, 0.15) is 54.7 Å². The summed E-state index contributed by atoms with van der Waals surface area (Å²) in [5, 5.41) is 12.9. The van der Waals surface area contributed by atoms with Crippen molar-refractivity contribution in [1.29, 1.82) is 0 Å². The molecule has 0 N–H and O–H groups in total. The molecule has 5 rings (SSSR count). The van der Waals surface area contributed by atoms with Gasteiger partial charge in [0, 0.05) is 23.1 Å². The molecule has 0 amide bonds. The van der Waals surface area contributed by atoms with Gasteiger partial charge in [-0.15, -0.1) is 0 Å². The zero-order valence-electron chi connectivity index (χ0n) is 27.8. The van der Waals surface area contributed by atoms with Crippen molar-refractivity contribution in [1.82, 2.24) is 8.75 Å². The number of aromatic nitrogens is 2. The number of carboxylic acids is 1. The molecule has 0 aliphatic rings. The van der Waals surface area contributed by atoms with Crippen LogP contribution in [-0.4, -0.2) is 39.8 Å². The van der Waals surface area contributed by atoms with Crippen LogP contribution < -0.4 is 53.6 Å². The summed E-state index contributed by atoms with van der Waals surface area (Å²) in [6.07, 6.45) is -0.434. The number of ether oxygens (including phenoxy) is 4. The Morgan fingerprint density at radius 2 is 1.42 bits per heavy atom. The molecule has 5 aromatic rings. The molecule has 242 valence electrons. The summed E-state index contributed by atoms with van der Waals surface area (Å²) in [5.74, 6) is -0.182. The third kappa shape index (κ3) is 9.02. The Labute approximate surface area is 306 Å². The van der Waals surface area contributed by atoms with Crippen LogP contribution in [0.3, 0.4) is 0 Å². The van der Waals surface area contributed by atoms with Gasteiger partial charge in [-0.1, -0.05) is 36.4 Å². The topological polar surface area (TPSA) is 120 Å². The second-order valence-corrected chi connectivity index (χ2v) is 11.9. The minimum Gasteiger partial charge on any atom is -0.545 e. The molecular formula is C37H35N2NaO7S. The molecule has 0 radical (unpaired) electrons. The van der Waals surface area contributed by atoms with Gasteiger partial charge in [-0.05, 0) is 92.9 Å². The molecule has 0 atom stereocenters. The SMILES string of the molecule is COc1cc(CC(C(=O)c2ccc(OCc3ccccc3)cc2)=C(C(=O)[O-])c2ccc3nsnc3c2)cc(OC(C)C)c1OC(C)C.[Na+]. The first-order chi connectivity index (χ1) is 22.6. The van der Waals surface area contributed by atoms with Crippen molar-refractivity contribution in [2.24, 2.45) is 0 Å². The average molecular weight is 675 g/mol. The van der Waals surface area contributed by atoms with Crippen LogP contribution in [0.2, 0.25) is 0 Å². The standard InChI is InChI=1S/C37H36N2O7S.Na/c1-22(2)45-33-19-25(18-32(43-5)36(33)46-23(3)4)17-29(34(37(41)42)27-13-16-30-31(20-27)39-47-38-30)35(40)26-11-14-28(15-12-26)44-21-24-9-7-6-8-10-24;/h6-16,18-20,22-23H,17,21H2,1-5H3,(H,41,42);/q;+1/p-1. The van der Waals surface area contributed by atoms with Crippen molar-refractivity contribution in [2.45, 2.75) is 52.9 Å². The zero-order chi connectivity index (χ0) is 33.5. The molecule has 0 bridgehead atoms. The molecule has 0 saturated heterocycles. The fraction of sp³-hybridized carbons (Fsp3) is 0.243. The normalized spacial score (nSPS) is 11.6. The van der Waals surface area contributed by atoms with Crippen LogP contribution >= 0.6 is 11.7 Å². The summed E-state index contributed by atoms with van der Waals surface area (Å²) in [7, 11) is 1.51. The Kier molecular flexibility index (Phi) is 12.8. The van der Waals surface area contributed by atoms with Gasteiger partial charge in [0.05, 0.1) is 37.0 Å². The third-order valence-corrected chi connectivity index (χ3v) is 7.64. The molecule has 1 heterocycles. The number of nitrogens with zero attached hydrogens (tertiary/aromatic N) is 2. The molecule has 9 nitrogen and oxygen atoms in total. The summed E-state index contributed by atoms with van der Waals surface area (Å²) >= 11 is 1.02. The number of benzene rings is 4. The van der Waals surface area contributed by atoms with Gasteiger partial charge in [0.25, 0.3) is 0 Å². The van der Waals surface area contributed by atoms with Crippen LogP contribution in [0, 0.1) is 0 Å². The maximum Gasteiger partial charge on any atom is 1.00 e. The van der Waals surface area contributed by atoms with Crippen molar-refractivity contribution >= 4 is 40.1 Å². The van der Waals surface area contributed by atoms with E-state index in [1.165, 1.54) is 7.11 Å². The van der Waals surface area contributed by atoms with E-state index in [0.717, 1.165) is 17.3 Å². The van der Waals surface area contributed by atoms with Crippen molar-refractivity contribution in [2.75, 3.05) is 7.11 Å². The minimum atomic E-state index is -1.50. The Bertz CT molecular complexity index is 1900. The second-order valence-electron chi connectivity index (χ2n) is 11.4. The first kappa shape index (κ1) is 36.6. The van der Waals surface area contributed by atoms with Crippen LogP contribution in [0.5, 0.6) is 23.0 Å². The molecule has 0 spiro atoms. The number of carboxylic acid groups (broad SMARTS) is 1. The first-order valence-corrected chi connectivity index (χ1v) is 15.9. The van der Waals surface area contributed by atoms with Crippen molar-refractivity contribution < 1.29 is 63.2 Å². The van der Waals surface area contributed by atoms with E-state index in [9.17, 15) is 14.7 Å². The van der Waals surface area contributed by atoms with E-state index in [2.05, 4.69) is 8.75 Å². The molecule has 11 heteroatoms. The molecule has 48 heavy (non-hydrogen) atoms. The van der Waals surface area contributed by atoms with Crippen molar-refractivity contribution in [3.05, 3.63) is 113 Å². The number of hydrogen-bond acceptors (Lipinski definition) is 10. The average Bonchev–Trinajstić information content (AvgIpc) is 3.52. The predicted octanol–water partition coefficient (Wildman–Crippen LogP) is 3.49. The minimum absolute atomic E-state index is 0. The van der Waals surface area contributed by atoms with Gasteiger partial charge in [0.1, 0.15) is 23.4 Å². The Hall–Kier alpha value is -4.22. The number of hydrogen-bond donors (Lipinski definition) is 0. The number of allylic oxidation sites excluding steroid dienone is 1. The molecule has 0 fully saturated rings. The number of rotatable bonds is 14. The number of ketones is 1. The zero-order valence-corrected chi connectivity index (χ0v) is 30.6. The molecule has 0 unspecified atom stereocenters. The molecule has 1 aromatic heterocycles. The predicted molar refractivity (Wildman–Crippen MR) is 179 cm³/mol. The maximum atomic E-state index is 14.3. The molecule has 0 saturated carbocycles. The van der Waals surface area contributed by atoms with Gasteiger partial charge in [-0.25, -0.2) is 0 Å². The maximum absolute atomic E-state index is 14.3. The number of carbonyl (C=O) groups excluding carboxylic acids is 2. The monoisotopic (exact) mass is 674 g/mol. The Morgan fingerprint density at radius 3 is 2.06 bits per heavy atom. The summed E-state index contributed by atoms with van der Waals surface area (Å²) in [6.45, 7) is 7.92. The van der Waals surface area contributed by atoms with E-state index in [1.54, 1.807) is 54.6 Å². The molecule has 0 aliphatic heterocycles. The van der Waals surface area contributed by atoms with E-state index < -0.39 is 11.8 Å². The summed E-state index contributed by atoms with van der Waals surface area (Å²) < 4.78 is 32.2. The number of aliphatic carboxylic acids is 1. The Morgan fingerprint density at radius 1 is 0.771 bits per heavy atom. The summed E-state index contributed by atoms with van der Waals surface area (Å²) in [5.41, 5.74) is 3.05. The quantitative estimate of drug-likeness (QED) is 0.0991. The number of Topliss-reactive ketones (excluding diaryl/α,β-unsaturated/α-hetero) is 1. The van der Waals surface area contributed by atoms with Gasteiger partial charge in [-0.3, -0.25) is 4.79 Å². The first-order valence-electron chi connectivity index (χ1n) is 15.2. The van der Waals surface area contributed by atoms with Gasteiger partial charge in [-0.2, -0.15) is 8.75 Å². The van der Waals surface area contributed by atoms with E-state index in [4.69, 9.17) is 18.9 Å². The largest absolute Gasteiger partial charge is 1.00 e. The van der Waals surface area contributed by atoms with Crippen LogP contribution in [0.4, 0.5) is 0 Å². The molecule has 4 aromatic carbocycles. The third-order valence-electron chi connectivity index (χ3n) is 7.08. The molecular weight excluding hydrogens is 639 g/mol. The van der Waals surface area contributed by atoms with E-state index in [1.807, 2.05) is 58.0 Å². The van der Waals surface area contributed by atoms with Crippen LogP contribution in [0.15, 0.2) is 90.5 Å². The number of methoxy groups -OCH3 is 1. The second kappa shape index (κ2) is 16.7.